The van der Waals surface area contributed by atoms with Crippen LogP contribution in [0.2, 0.25) is 0 Å². The van der Waals surface area contributed by atoms with Gasteiger partial charge >= 0.3 is 0 Å². The number of nitrogens with two attached hydrogens (primary N) is 1. The fraction of sp³-hybridized carbons (Fsp3) is 0.800. The third-order valence-electron chi connectivity index (χ3n) is 4.01. The molecule has 0 radical (unpaired) electrons. The average Bonchev–Trinajstić information content (AvgIpc) is 2.54. The minimum Gasteiger partial charge on any atom is -0.392 e. The van der Waals surface area contributed by atoms with E-state index in [1.165, 1.54) is 64.2 Å². The molecule has 0 aliphatic carbocycles. The number of hydrogen-bond acceptors (Lipinski definition) is 2. The summed E-state index contributed by atoms with van der Waals surface area (Å²) in [4.78, 5) is 0. The highest BCUT2D eigenvalue weighted by atomic mass is 16.3. The Morgan fingerprint density at radius 3 is 1.91 bits per heavy atom. The first-order chi connectivity index (χ1) is 10.8. The molecule has 0 saturated heterocycles. The summed E-state index contributed by atoms with van der Waals surface area (Å²) in [7, 11) is 0. The Hall–Kier alpha value is -0.600. The normalized spacial score (nSPS) is 13.4. The van der Waals surface area contributed by atoms with Gasteiger partial charge in [0, 0.05) is 6.54 Å². The van der Waals surface area contributed by atoms with E-state index in [4.69, 9.17) is 5.73 Å². The molecule has 22 heavy (non-hydrogen) atoms. The molecule has 3 N–H and O–H groups in total. The lowest BCUT2D eigenvalue weighted by Gasteiger charge is -2.06. The smallest absolute Gasteiger partial charge is 0.0662 e. The van der Waals surface area contributed by atoms with Crippen molar-refractivity contribution >= 4 is 0 Å². The highest BCUT2D eigenvalue weighted by molar-refractivity contribution is 4.92. The number of allylic oxidation sites excluding steroid dienone is 4. The average molecular weight is 310 g/mol. The fourth-order valence-electron chi connectivity index (χ4n) is 2.49. The minimum absolute atomic E-state index is 0.286. The van der Waals surface area contributed by atoms with Crippen molar-refractivity contribution in [3.05, 3.63) is 24.3 Å². The molecule has 0 aromatic heterocycles. The van der Waals surface area contributed by atoms with E-state index in [1.807, 2.05) is 0 Å². The summed E-state index contributed by atoms with van der Waals surface area (Å²) in [6, 6.07) is 0. The molecule has 0 aromatic carbocycles. The van der Waals surface area contributed by atoms with Gasteiger partial charge in [-0.25, -0.2) is 0 Å². The summed E-state index contributed by atoms with van der Waals surface area (Å²) in [6.07, 6.45) is 25.0. The van der Waals surface area contributed by atoms with Gasteiger partial charge in [-0.2, -0.15) is 0 Å². The molecule has 0 aromatic rings. The number of aliphatic hydroxyl groups is 1. The maximum absolute atomic E-state index is 9.34. The second kappa shape index (κ2) is 18.4. The lowest BCUT2D eigenvalue weighted by atomic mass is 10.1. The second-order valence-electron chi connectivity index (χ2n) is 6.26. The Bertz CT molecular complexity index is 260. The number of hydrogen-bond donors (Lipinski definition) is 2. The van der Waals surface area contributed by atoms with Crippen LogP contribution in [0.25, 0.3) is 0 Å². The van der Waals surface area contributed by atoms with Gasteiger partial charge in [-0.1, -0.05) is 76.2 Å². The summed E-state index contributed by atoms with van der Waals surface area (Å²) in [6.45, 7) is 2.65. The van der Waals surface area contributed by atoms with E-state index in [-0.39, 0.29) is 6.10 Å². The van der Waals surface area contributed by atoms with Gasteiger partial charge in [0.05, 0.1) is 6.10 Å². The molecular weight excluding hydrogens is 270 g/mol. The van der Waals surface area contributed by atoms with E-state index in [2.05, 4.69) is 31.2 Å². The molecule has 2 nitrogen and oxygen atoms in total. The molecule has 1 atom stereocenters. The van der Waals surface area contributed by atoms with Gasteiger partial charge in [0.2, 0.25) is 0 Å². The van der Waals surface area contributed by atoms with E-state index in [1.54, 1.807) is 0 Å². The molecule has 0 saturated carbocycles. The zero-order valence-corrected chi connectivity index (χ0v) is 14.8. The maximum Gasteiger partial charge on any atom is 0.0662 e. The third-order valence-corrected chi connectivity index (χ3v) is 4.01. The van der Waals surface area contributed by atoms with Gasteiger partial charge in [-0.05, 0) is 38.5 Å². The zero-order chi connectivity index (χ0) is 16.3. The van der Waals surface area contributed by atoms with Crippen molar-refractivity contribution in [1.29, 1.82) is 0 Å². The Morgan fingerprint density at radius 2 is 1.32 bits per heavy atom. The summed E-state index contributed by atoms with van der Waals surface area (Å²) < 4.78 is 0. The lowest BCUT2D eigenvalue weighted by Crippen LogP contribution is -2.19. The second-order valence-corrected chi connectivity index (χ2v) is 6.26. The van der Waals surface area contributed by atoms with Gasteiger partial charge < -0.3 is 10.8 Å². The molecule has 2 heteroatoms. The summed E-state index contributed by atoms with van der Waals surface area (Å²) in [5, 5.41) is 9.34. The minimum atomic E-state index is -0.286. The van der Waals surface area contributed by atoms with Crippen LogP contribution in [0.15, 0.2) is 24.3 Å². The van der Waals surface area contributed by atoms with Crippen LogP contribution in [0.1, 0.15) is 90.4 Å². The van der Waals surface area contributed by atoms with E-state index >= 15 is 0 Å². The van der Waals surface area contributed by atoms with E-state index in [0.29, 0.717) is 6.54 Å². The van der Waals surface area contributed by atoms with Crippen molar-refractivity contribution in [2.45, 2.75) is 96.5 Å². The van der Waals surface area contributed by atoms with Gasteiger partial charge in [0.1, 0.15) is 0 Å². The molecule has 0 spiro atoms. The molecular formula is C20H39NO. The van der Waals surface area contributed by atoms with Crippen LogP contribution in [-0.4, -0.2) is 17.8 Å². The van der Waals surface area contributed by atoms with E-state index < -0.39 is 0 Å². The summed E-state index contributed by atoms with van der Waals surface area (Å²) >= 11 is 0. The van der Waals surface area contributed by atoms with Crippen molar-refractivity contribution in [1.82, 2.24) is 0 Å². The monoisotopic (exact) mass is 309 g/mol. The first-order valence-electron chi connectivity index (χ1n) is 9.49. The molecule has 0 fully saturated rings. The van der Waals surface area contributed by atoms with Crippen molar-refractivity contribution < 1.29 is 5.11 Å². The van der Waals surface area contributed by atoms with Gasteiger partial charge in [-0.15, -0.1) is 0 Å². The Balaban J connectivity index is 3.17. The maximum atomic E-state index is 9.34. The van der Waals surface area contributed by atoms with Crippen LogP contribution in [0, 0.1) is 0 Å². The molecule has 130 valence electrons. The lowest BCUT2D eigenvalue weighted by molar-refractivity contribution is 0.168. The molecule has 0 heterocycles. The predicted molar refractivity (Wildman–Crippen MR) is 99.0 cm³/mol. The zero-order valence-electron chi connectivity index (χ0n) is 14.8. The Kier molecular flexibility index (Phi) is 17.9. The molecule has 1 unspecified atom stereocenters. The van der Waals surface area contributed by atoms with Gasteiger partial charge in [0.25, 0.3) is 0 Å². The fourth-order valence-corrected chi connectivity index (χ4v) is 2.49. The van der Waals surface area contributed by atoms with Crippen LogP contribution in [-0.2, 0) is 0 Å². The van der Waals surface area contributed by atoms with Crippen molar-refractivity contribution in [2.24, 2.45) is 5.73 Å². The summed E-state index contributed by atoms with van der Waals surface area (Å²) in [5.41, 5.74) is 5.38. The molecule has 0 aliphatic heterocycles. The third kappa shape index (κ3) is 17.5. The van der Waals surface area contributed by atoms with Crippen LogP contribution in [0.5, 0.6) is 0 Å². The first-order valence-corrected chi connectivity index (χ1v) is 9.49. The van der Waals surface area contributed by atoms with Crippen LogP contribution in [0.3, 0.4) is 0 Å². The van der Waals surface area contributed by atoms with Crippen LogP contribution < -0.4 is 5.73 Å². The summed E-state index contributed by atoms with van der Waals surface area (Å²) in [5.74, 6) is 0. The number of rotatable bonds is 16. The van der Waals surface area contributed by atoms with Crippen molar-refractivity contribution in [3.63, 3.8) is 0 Å². The first kappa shape index (κ1) is 21.4. The predicted octanol–water partition coefficient (Wildman–Crippen LogP) is 5.51. The topological polar surface area (TPSA) is 46.2 Å². The Morgan fingerprint density at radius 1 is 0.773 bits per heavy atom. The van der Waals surface area contributed by atoms with Gasteiger partial charge in [0.15, 0.2) is 0 Å². The van der Waals surface area contributed by atoms with Crippen LogP contribution in [0.4, 0.5) is 0 Å². The Labute approximate surface area is 138 Å². The van der Waals surface area contributed by atoms with E-state index in [9.17, 15) is 5.11 Å². The number of unbranched alkanes of at least 4 members (excludes halogenated alkanes) is 9. The largest absolute Gasteiger partial charge is 0.392 e. The molecule has 0 aliphatic rings. The standard InChI is InChI=1S/C20H39NO/c1-2-3-4-5-6-7-8-9-10-11-12-13-14-15-16-17-18-20(22)19-21/h6-7,9-10,20,22H,2-5,8,11-19,21H2,1H3/b7-6-,10-9-. The van der Waals surface area contributed by atoms with E-state index in [0.717, 1.165) is 19.3 Å². The van der Waals surface area contributed by atoms with Crippen molar-refractivity contribution in [3.8, 4) is 0 Å². The number of aliphatic hydroxyl groups excluding tert-OH is 1. The molecule has 0 rings (SSSR count). The molecule has 0 bridgehead atoms. The SMILES string of the molecule is CCCCC/C=C\C/C=C\CCCCCCCCC(O)CN. The quantitative estimate of drug-likeness (QED) is 0.292. The molecule has 0 amide bonds. The highest BCUT2D eigenvalue weighted by Crippen LogP contribution is 2.10. The van der Waals surface area contributed by atoms with Gasteiger partial charge in [-0.3, -0.25) is 0 Å². The highest BCUT2D eigenvalue weighted by Gasteiger charge is 1.99. The van der Waals surface area contributed by atoms with Crippen molar-refractivity contribution in [2.75, 3.05) is 6.54 Å². The van der Waals surface area contributed by atoms with Crippen LogP contribution >= 0.6 is 0 Å².